The maximum atomic E-state index is 6.47. The van der Waals surface area contributed by atoms with Crippen LogP contribution in [-0.4, -0.2) is 4.57 Å². The van der Waals surface area contributed by atoms with E-state index in [9.17, 15) is 0 Å². The van der Waals surface area contributed by atoms with Gasteiger partial charge in [0, 0.05) is 22.2 Å². The molecule has 4 aromatic carbocycles. The molecule has 188 valence electrons. The number of aromatic nitrogens is 1. The Kier molecular flexibility index (Phi) is 5.09. The Morgan fingerprint density at radius 3 is 2.13 bits per heavy atom. The van der Waals surface area contributed by atoms with Gasteiger partial charge < -0.3 is 14.2 Å². The summed E-state index contributed by atoms with van der Waals surface area (Å²) < 4.78 is 8.91. The third-order valence-corrected chi connectivity index (χ3v) is 8.13. The van der Waals surface area contributed by atoms with Gasteiger partial charge >= 0.3 is 0 Å². The van der Waals surface area contributed by atoms with Crippen molar-refractivity contribution >= 4 is 44.5 Å². The molecule has 0 radical (unpaired) electrons. The van der Waals surface area contributed by atoms with Crippen molar-refractivity contribution in [2.75, 3.05) is 4.90 Å². The number of ether oxygens (including phenoxy) is 1. The molecule has 3 aliphatic rings. The van der Waals surface area contributed by atoms with Gasteiger partial charge in [0.2, 0.25) is 0 Å². The van der Waals surface area contributed by atoms with Gasteiger partial charge in [-0.1, -0.05) is 72.8 Å². The van der Waals surface area contributed by atoms with Crippen molar-refractivity contribution in [3.05, 3.63) is 133 Å². The van der Waals surface area contributed by atoms with Crippen LogP contribution in [0.3, 0.4) is 0 Å². The van der Waals surface area contributed by atoms with E-state index in [1.165, 1.54) is 44.3 Å². The fraction of sp³-hybridized carbons (Fsp3) is 0.111. The molecule has 0 unspecified atom stereocenters. The lowest BCUT2D eigenvalue weighted by Gasteiger charge is -2.34. The van der Waals surface area contributed by atoms with Crippen LogP contribution >= 0.6 is 0 Å². The van der Waals surface area contributed by atoms with Crippen molar-refractivity contribution in [2.24, 2.45) is 0 Å². The zero-order valence-corrected chi connectivity index (χ0v) is 21.7. The lowest BCUT2D eigenvalue weighted by Crippen LogP contribution is -2.20. The highest BCUT2D eigenvalue weighted by Gasteiger charge is 2.27. The summed E-state index contributed by atoms with van der Waals surface area (Å²) in [6.07, 6.45) is 15.5. The number of fused-ring (bicyclic) bond motifs is 5. The molecule has 0 bridgehead atoms. The summed E-state index contributed by atoms with van der Waals surface area (Å²) in [4.78, 5) is 2.34. The van der Waals surface area contributed by atoms with Crippen molar-refractivity contribution in [1.29, 1.82) is 0 Å². The lowest BCUT2D eigenvalue weighted by molar-refractivity contribution is 0.476. The number of hydrogen-bond donors (Lipinski definition) is 0. The Morgan fingerprint density at radius 1 is 0.641 bits per heavy atom. The van der Waals surface area contributed by atoms with Crippen LogP contribution in [-0.2, 0) is 0 Å². The Balaban J connectivity index is 1.19. The molecule has 3 heteroatoms. The SMILES string of the molecule is C1=CC(N2c3ccccc3Oc3cc(C4=CC=C(n5c6ccccc6c6ccccc65)CC4)ccc32)=CCC1. The molecule has 2 heterocycles. The molecule has 39 heavy (non-hydrogen) atoms. The van der Waals surface area contributed by atoms with E-state index in [-0.39, 0.29) is 0 Å². The number of hydrogen-bond acceptors (Lipinski definition) is 2. The van der Waals surface area contributed by atoms with Crippen LogP contribution in [0.1, 0.15) is 31.2 Å². The van der Waals surface area contributed by atoms with Crippen molar-refractivity contribution in [3.8, 4) is 11.5 Å². The maximum absolute atomic E-state index is 6.47. The number of allylic oxidation sites excluding steroid dienone is 7. The van der Waals surface area contributed by atoms with Gasteiger partial charge in [-0.2, -0.15) is 0 Å². The summed E-state index contributed by atoms with van der Waals surface area (Å²) >= 11 is 0. The lowest BCUT2D eigenvalue weighted by atomic mass is 9.94. The monoisotopic (exact) mass is 504 g/mol. The number of anilines is 2. The van der Waals surface area contributed by atoms with Crippen molar-refractivity contribution in [3.63, 3.8) is 0 Å². The molecular formula is C36H28N2O. The fourth-order valence-corrected chi connectivity index (χ4v) is 6.29. The van der Waals surface area contributed by atoms with Crippen molar-refractivity contribution in [1.82, 2.24) is 4.57 Å². The molecule has 0 spiro atoms. The average Bonchev–Trinajstić information content (AvgIpc) is 3.34. The molecule has 8 rings (SSSR count). The molecule has 5 aromatic rings. The molecule has 1 aromatic heterocycles. The third-order valence-electron chi connectivity index (χ3n) is 8.13. The average molecular weight is 505 g/mol. The van der Waals surface area contributed by atoms with Gasteiger partial charge in [0.15, 0.2) is 11.5 Å². The second-order valence-corrected chi connectivity index (χ2v) is 10.4. The van der Waals surface area contributed by atoms with Crippen molar-refractivity contribution < 1.29 is 4.74 Å². The number of benzene rings is 4. The first-order chi connectivity index (χ1) is 19.3. The zero-order chi connectivity index (χ0) is 25.8. The van der Waals surface area contributed by atoms with E-state index in [1.54, 1.807) is 0 Å². The van der Waals surface area contributed by atoms with Gasteiger partial charge in [-0.05, 0) is 85.4 Å². The highest BCUT2D eigenvalue weighted by molar-refractivity contribution is 6.10. The summed E-state index contributed by atoms with van der Waals surface area (Å²) in [5.41, 5.74) is 9.83. The molecule has 3 nitrogen and oxygen atoms in total. The summed E-state index contributed by atoms with van der Waals surface area (Å²) in [6, 6.07) is 32.5. The third kappa shape index (κ3) is 3.58. The van der Waals surface area contributed by atoms with Crippen LogP contribution in [0, 0.1) is 0 Å². The van der Waals surface area contributed by atoms with Crippen LogP contribution in [0.4, 0.5) is 11.4 Å². The van der Waals surface area contributed by atoms with Gasteiger partial charge in [0.05, 0.1) is 22.4 Å². The van der Waals surface area contributed by atoms with E-state index in [0.29, 0.717) is 0 Å². The maximum Gasteiger partial charge on any atom is 0.152 e. The van der Waals surface area contributed by atoms with E-state index >= 15 is 0 Å². The number of para-hydroxylation sites is 4. The van der Waals surface area contributed by atoms with Crippen LogP contribution in [0.5, 0.6) is 11.5 Å². The molecule has 0 saturated carbocycles. The van der Waals surface area contributed by atoms with Gasteiger partial charge in [0.1, 0.15) is 0 Å². The van der Waals surface area contributed by atoms with Gasteiger partial charge in [0.25, 0.3) is 0 Å². The van der Waals surface area contributed by atoms with Crippen molar-refractivity contribution in [2.45, 2.75) is 25.7 Å². The first-order valence-corrected chi connectivity index (χ1v) is 13.8. The molecule has 0 fully saturated rings. The Hall–Kier alpha value is -4.76. The summed E-state index contributed by atoms with van der Waals surface area (Å²) in [5.74, 6) is 1.80. The van der Waals surface area contributed by atoms with Gasteiger partial charge in [-0.25, -0.2) is 0 Å². The smallest absolute Gasteiger partial charge is 0.152 e. The van der Waals surface area contributed by atoms with Gasteiger partial charge in [-0.3, -0.25) is 0 Å². The second-order valence-electron chi connectivity index (χ2n) is 10.4. The molecular weight excluding hydrogens is 476 g/mol. The minimum atomic E-state index is 0.896. The topological polar surface area (TPSA) is 17.4 Å². The zero-order valence-electron chi connectivity index (χ0n) is 21.7. The Bertz CT molecular complexity index is 1850. The highest BCUT2D eigenvalue weighted by Crippen LogP contribution is 2.50. The minimum absolute atomic E-state index is 0.896. The quantitative estimate of drug-likeness (QED) is 0.243. The van der Waals surface area contributed by atoms with E-state index < -0.39 is 0 Å². The molecule has 0 amide bonds. The van der Waals surface area contributed by atoms with Crippen LogP contribution in [0.2, 0.25) is 0 Å². The first-order valence-electron chi connectivity index (χ1n) is 13.8. The van der Waals surface area contributed by atoms with E-state index in [1.807, 2.05) is 6.07 Å². The van der Waals surface area contributed by atoms with Crippen LogP contribution < -0.4 is 9.64 Å². The normalized spacial score (nSPS) is 16.3. The Labute approximate surface area is 228 Å². The Morgan fingerprint density at radius 2 is 1.38 bits per heavy atom. The van der Waals surface area contributed by atoms with Gasteiger partial charge in [-0.15, -0.1) is 0 Å². The minimum Gasteiger partial charge on any atom is -0.453 e. The predicted molar refractivity (Wildman–Crippen MR) is 162 cm³/mol. The largest absolute Gasteiger partial charge is 0.453 e. The summed E-state index contributed by atoms with van der Waals surface area (Å²) in [6.45, 7) is 0. The van der Waals surface area contributed by atoms with Crippen LogP contribution in [0.25, 0.3) is 33.1 Å². The van der Waals surface area contributed by atoms with E-state index in [0.717, 1.165) is 48.6 Å². The van der Waals surface area contributed by atoms with E-state index in [2.05, 4.69) is 125 Å². The predicted octanol–water partition coefficient (Wildman–Crippen LogP) is 9.99. The number of nitrogens with zero attached hydrogens (tertiary/aromatic N) is 2. The van der Waals surface area contributed by atoms with Crippen LogP contribution in [0.15, 0.2) is 127 Å². The summed E-state index contributed by atoms with van der Waals surface area (Å²) in [5, 5.41) is 2.62. The molecule has 1 aliphatic heterocycles. The second kappa shape index (κ2) is 8.92. The first kappa shape index (κ1) is 22.2. The van der Waals surface area contributed by atoms with E-state index in [4.69, 9.17) is 4.74 Å². The molecule has 0 N–H and O–H groups in total. The molecule has 2 aliphatic carbocycles. The number of rotatable bonds is 3. The fourth-order valence-electron chi connectivity index (χ4n) is 6.29. The highest BCUT2D eigenvalue weighted by atomic mass is 16.5. The standard InChI is InChI=1S/C36H28N2O/c1-2-10-27(11-3-1)38-33-16-8-9-17-35(33)39-36-24-26(20-23-34(36)38)25-18-21-28(22-19-25)37-31-14-6-4-12-29(31)30-13-5-7-15-32(30)37/h2,4-18,20-21,23-24H,1,3,19,22H2. The molecule has 0 saturated heterocycles. The summed E-state index contributed by atoms with van der Waals surface area (Å²) in [7, 11) is 0. The molecule has 0 atom stereocenters.